The fourth-order valence-electron chi connectivity index (χ4n) is 5.53. The molecule has 1 aromatic heterocycles. The minimum atomic E-state index is -0.788. The van der Waals surface area contributed by atoms with Crippen LogP contribution in [0.5, 0.6) is 17.2 Å². The van der Waals surface area contributed by atoms with Gasteiger partial charge in [0.2, 0.25) is 0 Å². The number of carbonyl (C=O) groups is 2. The van der Waals surface area contributed by atoms with Gasteiger partial charge in [0.05, 0.1) is 31.7 Å². The molecule has 2 aliphatic heterocycles. The lowest BCUT2D eigenvalue weighted by Gasteiger charge is -2.26. The van der Waals surface area contributed by atoms with E-state index in [2.05, 4.69) is 11.9 Å². The third-order valence-electron chi connectivity index (χ3n) is 7.59. The number of aryl methyl sites for hydroxylation is 1. The monoisotopic (exact) mass is 559 g/mol. The molecule has 216 valence electrons. The summed E-state index contributed by atoms with van der Waals surface area (Å²) in [6.45, 7) is 5.64. The highest BCUT2D eigenvalue weighted by Crippen LogP contribution is 2.43. The average molecular weight is 560 g/mol. The predicted molar refractivity (Wildman–Crippen MR) is 154 cm³/mol. The van der Waals surface area contributed by atoms with E-state index in [1.54, 1.807) is 48.8 Å². The Labute approximate surface area is 240 Å². The summed E-state index contributed by atoms with van der Waals surface area (Å²) < 4.78 is 19.3. The molecule has 1 fully saturated rings. The predicted octanol–water partition coefficient (Wildman–Crippen LogP) is 5.30. The van der Waals surface area contributed by atoms with E-state index in [1.165, 1.54) is 0 Å². The number of Topliss-reactive ketones (excluding diaryl/α,β-unsaturated/α-hetero) is 1. The number of ether oxygens (including phenoxy) is 3. The van der Waals surface area contributed by atoms with Crippen LogP contribution in [0.4, 0.5) is 0 Å². The van der Waals surface area contributed by atoms with Crippen molar-refractivity contribution in [3.05, 3.63) is 77.4 Å². The van der Waals surface area contributed by atoms with Crippen molar-refractivity contribution in [1.29, 1.82) is 0 Å². The number of fused-ring (bicyclic) bond motifs is 1. The molecule has 0 bridgehead atoms. The first-order chi connectivity index (χ1) is 19.9. The topological polar surface area (TPSA) is 103 Å². The zero-order chi connectivity index (χ0) is 28.9. The molecule has 1 saturated heterocycles. The van der Waals surface area contributed by atoms with Crippen LogP contribution in [-0.2, 0) is 22.6 Å². The standard InChI is InChI=1S/C32H37N3O6/c1-4-5-6-16-40-26-11-8-22(19-27(26)39-3)29-28(30(36)23-9-10-25-24(18-23)17-21(2)41-25)31(37)32(38)35(29)14-7-13-34-15-12-33-20-34/h8-12,15,18-21,29,36H,4-7,13-14,16-17H2,1-3H3. The highest BCUT2D eigenvalue weighted by atomic mass is 16.5. The molecule has 2 atom stereocenters. The lowest BCUT2D eigenvalue weighted by atomic mass is 9.94. The third-order valence-corrected chi connectivity index (χ3v) is 7.59. The summed E-state index contributed by atoms with van der Waals surface area (Å²) in [7, 11) is 1.56. The molecule has 0 radical (unpaired) electrons. The van der Waals surface area contributed by atoms with Gasteiger partial charge in [-0.25, -0.2) is 4.98 Å². The first kappa shape index (κ1) is 28.3. The largest absolute Gasteiger partial charge is 0.507 e. The number of unbranched alkanes of at least 4 members (excludes halogenated alkanes) is 2. The van der Waals surface area contributed by atoms with Gasteiger partial charge < -0.3 is 28.8 Å². The molecule has 9 nitrogen and oxygen atoms in total. The van der Waals surface area contributed by atoms with Crippen molar-refractivity contribution in [1.82, 2.24) is 14.5 Å². The van der Waals surface area contributed by atoms with Crippen molar-refractivity contribution in [2.75, 3.05) is 20.3 Å². The normalized spacial score (nSPS) is 19.3. The quantitative estimate of drug-likeness (QED) is 0.139. The number of aromatic nitrogens is 2. The van der Waals surface area contributed by atoms with Gasteiger partial charge in [-0.3, -0.25) is 9.59 Å². The van der Waals surface area contributed by atoms with Gasteiger partial charge in [-0.05, 0) is 61.2 Å². The number of rotatable bonds is 12. The Hall–Kier alpha value is -4.27. The molecule has 41 heavy (non-hydrogen) atoms. The second-order valence-corrected chi connectivity index (χ2v) is 10.6. The summed E-state index contributed by atoms with van der Waals surface area (Å²) in [6, 6.07) is 10.0. The molecule has 5 rings (SSSR count). The number of methoxy groups -OCH3 is 1. The van der Waals surface area contributed by atoms with Crippen molar-refractivity contribution in [2.45, 2.75) is 64.6 Å². The number of aliphatic hydroxyl groups excluding tert-OH is 1. The maximum atomic E-state index is 13.5. The van der Waals surface area contributed by atoms with Gasteiger partial charge in [0.25, 0.3) is 11.7 Å². The van der Waals surface area contributed by atoms with E-state index in [-0.39, 0.29) is 17.4 Å². The van der Waals surface area contributed by atoms with Gasteiger partial charge in [0, 0.05) is 37.5 Å². The van der Waals surface area contributed by atoms with Gasteiger partial charge in [-0.15, -0.1) is 0 Å². The molecule has 9 heteroatoms. The van der Waals surface area contributed by atoms with Crippen LogP contribution in [0.1, 0.15) is 62.3 Å². The van der Waals surface area contributed by atoms with Crippen molar-refractivity contribution in [3.63, 3.8) is 0 Å². The van der Waals surface area contributed by atoms with Crippen LogP contribution in [-0.4, -0.2) is 57.6 Å². The van der Waals surface area contributed by atoms with E-state index in [4.69, 9.17) is 14.2 Å². The lowest BCUT2D eigenvalue weighted by molar-refractivity contribution is -0.139. The van der Waals surface area contributed by atoms with Crippen molar-refractivity contribution < 1.29 is 28.9 Å². The molecule has 2 unspecified atom stereocenters. The molecular formula is C32H37N3O6. The Balaban J connectivity index is 1.51. The van der Waals surface area contributed by atoms with E-state index in [9.17, 15) is 14.7 Å². The van der Waals surface area contributed by atoms with E-state index in [0.29, 0.717) is 55.2 Å². The number of nitrogens with zero attached hydrogens (tertiary/aromatic N) is 3. The Morgan fingerprint density at radius 3 is 2.71 bits per heavy atom. The van der Waals surface area contributed by atoms with Crippen LogP contribution in [0.25, 0.3) is 5.76 Å². The molecule has 0 spiro atoms. The molecule has 0 aliphatic carbocycles. The molecule has 3 aromatic rings. The maximum absolute atomic E-state index is 13.5. The number of hydrogen-bond donors (Lipinski definition) is 1. The summed E-state index contributed by atoms with van der Waals surface area (Å²) in [6.07, 6.45) is 9.72. The molecule has 2 aromatic carbocycles. The molecule has 1 amide bonds. The van der Waals surface area contributed by atoms with Crippen LogP contribution in [0.2, 0.25) is 0 Å². The van der Waals surface area contributed by atoms with Crippen molar-refractivity contribution in [2.24, 2.45) is 0 Å². The van der Waals surface area contributed by atoms with Crippen molar-refractivity contribution >= 4 is 17.4 Å². The zero-order valence-corrected chi connectivity index (χ0v) is 23.8. The molecular weight excluding hydrogens is 522 g/mol. The number of carbonyl (C=O) groups excluding carboxylic acids is 2. The number of aliphatic hydroxyl groups is 1. The summed E-state index contributed by atoms with van der Waals surface area (Å²) >= 11 is 0. The summed E-state index contributed by atoms with van der Waals surface area (Å²) in [5.74, 6) is 0.318. The molecule has 1 N–H and O–H groups in total. The summed E-state index contributed by atoms with van der Waals surface area (Å²) in [5, 5.41) is 11.5. The number of imidazole rings is 1. The SMILES string of the molecule is CCCCCOc1ccc(C2C(=C(O)c3ccc4c(c3)CC(C)O4)C(=O)C(=O)N2CCCn2ccnc2)cc1OC. The van der Waals surface area contributed by atoms with Crippen LogP contribution in [0, 0.1) is 0 Å². The van der Waals surface area contributed by atoms with Gasteiger partial charge >= 0.3 is 0 Å². The fraction of sp³-hybridized carbons (Fsp3) is 0.406. The Bertz CT molecular complexity index is 1430. The Morgan fingerprint density at radius 1 is 1.10 bits per heavy atom. The smallest absolute Gasteiger partial charge is 0.295 e. The van der Waals surface area contributed by atoms with E-state index < -0.39 is 17.7 Å². The van der Waals surface area contributed by atoms with E-state index in [0.717, 1.165) is 30.6 Å². The Kier molecular flexibility index (Phi) is 8.61. The minimum absolute atomic E-state index is 0.0404. The fourth-order valence-corrected chi connectivity index (χ4v) is 5.53. The number of likely N-dealkylation sites (tertiary alicyclic amines) is 1. The van der Waals surface area contributed by atoms with Gasteiger partial charge in [-0.1, -0.05) is 25.8 Å². The van der Waals surface area contributed by atoms with Gasteiger partial charge in [0.1, 0.15) is 17.6 Å². The average Bonchev–Trinajstić information content (AvgIpc) is 3.69. The van der Waals surface area contributed by atoms with Crippen LogP contribution in [0.3, 0.4) is 0 Å². The highest BCUT2D eigenvalue weighted by Gasteiger charge is 2.46. The second kappa shape index (κ2) is 12.5. The number of hydrogen-bond acceptors (Lipinski definition) is 7. The second-order valence-electron chi connectivity index (χ2n) is 10.6. The molecule has 3 heterocycles. The number of ketones is 1. The first-order valence-corrected chi connectivity index (χ1v) is 14.3. The molecule has 0 saturated carbocycles. The van der Waals surface area contributed by atoms with Crippen LogP contribution in [0.15, 0.2) is 60.7 Å². The summed E-state index contributed by atoms with van der Waals surface area (Å²) in [5.41, 5.74) is 2.15. The first-order valence-electron chi connectivity index (χ1n) is 14.3. The lowest BCUT2D eigenvalue weighted by Crippen LogP contribution is -2.31. The Morgan fingerprint density at radius 2 is 1.95 bits per heavy atom. The highest BCUT2D eigenvalue weighted by molar-refractivity contribution is 6.46. The van der Waals surface area contributed by atoms with Gasteiger partial charge in [-0.2, -0.15) is 0 Å². The minimum Gasteiger partial charge on any atom is -0.507 e. The number of amides is 1. The zero-order valence-electron chi connectivity index (χ0n) is 23.8. The van der Waals surface area contributed by atoms with Crippen molar-refractivity contribution in [3.8, 4) is 17.2 Å². The van der Waals surface area contributed by atoms with Crippen LogP contribution < -0.4 is 14.2 Å². The maximum Gasteiger partial charge on any atom is 0.295 e. The van der Waals surface area contributed by atoms with E-state index >= 15 is 0 Å². The van der Waals surface area contributed by atoms with E-state index in [1.807, 2.05) is 29.8 Å². The molecule has 2 aliphatic rings. The summed E-state index contributed by atoms with van der Waals surface area (Å²) in [4.78, 5) is 32.5. The third kappa shape index (κ3) is 5.94. The van der Waals surface area contributed by atoms with Gasteiger partial charge in [0.15, 0.2) is 11.5 Å². The number of benzene rings is 2. The van der Waals surface area contributed by atoms with Crippen LogP contribution >= 0.6 is 0 Å².